The van der Waals surface area contributed by atoms with Crippen LogP contribution in [0.5, 0.6) is 0 Å². The van der Waals surface area contributed by atoms with Gasteiger partial charge in [0, 0.05) is 12.7 Å². The van der Waals surface area contributed by atoms with Crippen LogP contribution < -0.4 is 5.32 Å². The molecule has 0 heterocycles. The Morgan fingerprint density at radius 1 is 0.926 bits per heavy atom. The van der Waals surface area contributed by atoms with Gasteiger partial charge >= 0.3 is 5.97 Å². The zero-order valence-corrected chi connectivity index (χ0v) is 18.5. The van der Waals surface area contributed by atoms with Crippen molar-refractivity contribution in [2.75, 3.05) is 11.5 Å². The minimum atomic E-state index is -0.974. The maximum atomic E-state index is 11.0. The number of aliphatic carboxylic acids is 1. The fraction of sp³-hybridized carbons (Fsp3) is 0.636. The summed E-state index contributed by atoms with van der Waals surface area (Å²) in [5, 5.41) is 11.5. The van der Waals surface area contributed by atoms with Crippen molar-refractivity contribution < 1.29 is 14.7 Å². The van der Waals surface area contributed by atoms with Crippen molar-refractivity contribution in [3.05, 3.63) is 34.9 Å². The molecule has 2 N–H and O–H groups in total. The van der Waals surface area contributed by atoms with Gasteiger partial charge in [-0.15, -0.1) is 0 Å². The number of carboxylic acid groups (broad SMARTS) is 1. The van der Waals surface area contributed by atoms with Gasteiger partial charge in [0.15, 0.2) is 0 Å². The average Bonchev–Trinajstić information content (AvgIpc) is 2.55. The molecule has 0 rings (SSSR count). The fourth-order valence-corrected chi connectivity index (χ4v) is 3.49. The maximum Gasteiger partial charge on any atom is 0.327 e. The Balaban J connectivity index is 3.91. The Kier molecular flexibility index (Phi) is 14.7. The summed E-state index contributed by atoms with van der Waals surface area (Å²) >= 11 is 1.58. The molecule has 1 atom stereocenters. The molecule has 0 aromatic carbocycles. The predicted octanol–water partition coefficient (Wildman–Crippen LogP) is 5.51. The number of rotatable bonds is 14. The number of hydrogen-bond donors (Lipinski definition) is 2. The van der Waals surface area contributed by atoms with Gasteiger partial charge in [0.25, 0.3) is 0 Å². The van der Waals surface area contributed by atoms with Crippen molar-refractivity contribution in [2.45, 2.75) is 79.2 Å². The Morgan fingerprint density at radius 3 is 2.00 bits per heavy atom. The fourth-order valence-electron chi connectivity index (χ4n) is 2.49. The average molecular weight is 396 g/mol. The first-order valence-corrected chi connectivity index (χ1v) is 10.9. The maximum absolute atomic E-state index is 11.0. The monoisotopic (exact) mass is 395 g/mol. The van der Waals surface area contributed by atoms with Gasteiger partial charge in [0.2, 0.25) is 5.91 Å². The van der Waals surface area contributed by atoms with Crippen molar-refractivity contribution in [2.24, 2.45) is 0 Å². The lowest BCUT2D eigenvalue weighted by molar-refractivity contribution is -0.140. The summed E-state index contributed by atoms with van der Waals surface area (Å²) in [6.45, 7) is 10.0. The molecule has 0 saturated heterocycles. The number of carbonyl (C=O) groups excluding carboxylic acids is 1. The highest BCUT2D eigenvalue weighted by Gasteiger charge is 2.17. The minimum Gasteiger partial charge on any atom is -0.480 e. The smallest absolute Gasteiger partial charge is 0.327 e. The van der Waals surface area contributed by atoms with E-state index < -0.39 is 12.0 Å². The van der Waals surface area contributed by atoms with Gasteiger partial charge in [-0.2, -0.15) is 11.8 Å². The zero-order chi connectivity index (χ0) is 20.7. The second-order valence-electron chi connectivity index (χ2n) is 7.27. The number of nitrogens with one attached hydrogen (secondary N) is 1. The third-order valence-corrected chi connectivity index (χ3v) is 5.21. The van der Waals surface area contributed by atoms with Gasteiger partial charge in [-0.1, -0.05) is 34.9 Å². The van der Waals surface area contributed by atoms with Crippen molar-refractivity contribution in [3.8, 4) is 0 Å². The van der Waals surface area contributed by atoms with E-state index in [0.29, 0.717) is 5.75 Å². The summed E-state index contributed by atoms with van der Waals surface area (Å²) in [6.07, 6.45) is 13.4. The second kappa shape index (κ2) is 15.6. The van der Waals surface area contributed by atoms with Crippen LogP contribution in [0.4, 0.5) is 0 Å². The summed E-state index contributed by atoms with van der Waals surface area (Å²) in [7, 11) is 0. The van der Waals surface area contributed by atoms with Crippen LogP contribution in [0.15, 0.2) is 34.9 Å². The Morgan fingerprint density at radius 2 is 1.48 bits per heavy atom. The predicted molar refractivity (Wildman–Crippen MR) is 117 cm³/mol. The first-order chi connectivity index (χ1) is 12.7. The quantitative estimate of drug-likeness (QED) is 0.301. The van der Waals surface area contributed by atoms with Crippen LogP contribution >= 0.6 is 11.8 Å². The molecular formula is C22H37NO3S. The van der Waals surface area contributed by atoms with Gasteiger partial charge in [-0.05, 0) is 72.0 Å². The molecule has 4 nitrogen and oxygen atoms in total. The molecule has 0 aliphatic rings. The molecule has 0 fully saturated rings. The van der Waals surface area contributed by atoms with Crippen LogP contribution in [-0.4, -0.2) is 34.5 Å². The van der Waals surface area contributed by atoms with Gasteiger partial charge in [-0.25, -0.2) is 4.79 Å². The molecule has 0 aromatic heterocycles. The Bertz CT molecular complexity index is 546. The molecule has 0 unspecified atom stereocenters. The molecular weight excluding hydrogens is 358 g/mol. The van der Waals surface area contributed by atoms with Crippen molar-refractivity contribution in [1.29, 1.82) is 0 Å². The summed E-state index contributed by atoms with van der Waals surface area (Å²) in [5.41, 5.74) is 4.26. The van der Waals surface area contributed by atoms with Crippen LogP contribution in [0.1, 0.15) is 73.1 Å². The van der Waals surface area contributed by atoms with E-state index in [0.717, 1.165) is 44.3 Å². The summed E-state index contributed by atoms with van der Waals surface area (Å²) in [4.78, 5) is 22.0. The minimum absolute atomic E-state index is 0.303. The van der Waals surface area contributed by atoms with Gasteiger partial charge < -0.3 is 10.4 Å². The van der Waals surface area contributed by atoms with Crippen LogP contribution in [0.2, 0.25) is 0 Å². The molecule has 5 heteroatoms. The second-order valence-corrected chi connectivity index (χ2v) is 8.42. The molecule has 154 valence electrons. The van der Waals surface area contributed by atoms with E-state index in [2.05, 4.69) is 51.2 Å². The Hall–Kier alpha value is -1.49. The normalized spacial score (nSPS) is 13.2. The molecule has 0 radical (unpaired) electrons. The molecule has 1 amide bonds. The SMILES string of the molecule is CC(=O)N[C@@H](CSCCC/C=C(\C)CC/C=C(\C)CCC=C(C)C)C(=O)O. The van der Waals surface area contributed by atoms with E-state index in [-0.39, 0.29) is 5.91 Å². The summed E-state index contributed by atoms with van der Waals surface area (Å²) in [6, 6.07) is -0.795. The highest BCUT2D eigenvalue weighted by molar-refractivity contribution is 7.99. The standard InChI is InChI=1S/C22H37NO3S/c1-17(2)10-8-12-19(4)14-9-13-18(3)11-6-7-15-27-16-21(22(25)26)23-20(5)24/h10-11,14,21H,6-9,12-13,15-16H2,1-5H3,(H,23,24)(H,25,26)/b18-11+,19-14+/t21-/m0/s1. The molecule has 27 heavy (non-hydrogen) atoms. The third-order valence-electron chi connectivity index (χ3n) is 4.07. The van der Waals surface area contributed by atoms with Crippen molar-refractivity contribution in [1.82, 2.24) is 5.32 Å². The van der Waals surface area contributed by atoms with E-state index in [1.54, 1.807) is 11.8 Å². The first-order valence-electron chi connectivity index (χ1n) is 9.74. The van der Waals surface area contributed by atoms with E-state index in [9.17, 15) is 9.59 Å². The van der Waals surface area contributed by atoms with Crippen molar-refractivity contribution in [3.63, 3.8) is 0 Å². The molecule has 0 aliphatic carbocycles. The molecule has 0 aromatic rings. The molecule has 0 saturated carbocycles. The third kappa shape index (κ3) is 16.4. The van der Waals surface area contributed by atoms with E-state index in [1.807, 2.05) is 0 Å². The highest BCUT2D eigenvalue weighted by atomic mass is 32.2. The lowest BCUT2D eigenvalue weighted by Gasteiger charge is -2.12. The molecule has 0 spiro atoms. The van der Waals surface area contributed by atoms with E-state index in [4.69, 9.17) is 5.11 Å². The number of unbranched alkanes of at least 4 members (excludes halogenated alkanes) is 1. The topological polar surface area (TPSA) is 66.4 Å². The number of carboxylic acids is 1. The number of amides is 1. The molecule has 0 bridgehead atoms. The van der Waals surface area contributed by atoms with Crippen LogP contribution in [0, 0.1) is 0 Å². The number of allylic oxidation sites excluding steroid dienone is 6. The number of thioether (sulfide) groups is 1. The number of carbonyl (C=O) groups is 2. The van der Waals surface area contributed by atoms with E-state index in [1.165, 1.54) is 23.6 Å². The highest BCUT2D eigenvalue weighted by Crippen LogP contribution is 2.13. The van der Waals surface area contributed by atoms with E-state index >= 15 is 0 Å². The summed E-state index contributed by atoms with van der Waals surface area (Å²) in [5.74, 6) is 0.0331. The lowest BCUT2D eigenvalue weighted by Crippen LogP contribution is -2.41. The first kappa shape index (κ1) is 25.5. The largest absolute Gasteiger partial charge is 0.480 e. The van der Waals surface area contributed by atoms with Crippen LogP contribution in [0.3, 0.4) is 0 Å². The Labute approximate surface area is 169 Å². The number of hydrogen-bond acceptors (Lipinski definition) is 3. The van der Waals surface area contributed by atoms with Crippen LogP contribution in [-0.2, 0) is 9.59 Å². The lowest BCUT2D eigenvalue weighted by atomic mass is 10.1. The zero-order valence-electron chi connectivity index (χ0n) is 17.6. The van der Waals surface area contributed by atoms with Crippen LogP contribution in [0.25, 0.3) is 0 Å². The summed E-state index contributed by atoms with van der Waals surface area (Å²) < 4.78 is 0. The van der Waals surface area contributed by atoms with Gasteiger partial charge in [-0.3, -0.25) is 4.79 Å². The van der Waals surface area contributed by atoms with Gasteiger partial charge in [0.1, 0.15) is 6.04 Å². The van der Waals surface area contributed by atoms with Crippen molar-refractivity contribution >= 4 is 23.6 Å². The molecule has 0 aliphatic heterocycles. The van der Waals surface area contributed by atoms with Gasteiger partial charge in [0.05, 0.1) is 0 Å².